The monoisotopic (exact) mass is 346 g/mol. The molecular weight excluding hydrogens is 335 g/mol. The first-order chi connectivity index (χ1) is 11.8. The van der Waals surface area contributed by atoms with Gasteiger partial charge in [-0.3, -0.25) is 0 Å². The van der Waals surface area contributed by atoms with Gasteiger partial charge in [-0.05, 0) is 29.8 Å². The van der Waals surface area contributed by atoms with Crippen molar-refractivity contribution < 1.29 is 27.5 Å². The quantitative estimate of drug-likeness (QED) is 0.725. The third-order valence-electron chi connectivity index (χ3n) is 3.50. The lowest BCUT2D eigenvalue weighted by atomic mass is 10.0. The maximum absolute atomic E-state index is 13.1. The summed E-state index contributed by atoms with van der Waals surface area (Å²) in [6.45, 7) is 0. The normalized spacial score (nSPS) is 12.5. The maximum Gasteiger partial charge on any atom is 0.416 e. The molecule has 0 N–H and O–H groups in total. The Labute approximate surface area is 140 Å². The number of oxazole rings is 1. The Kier molecular flexibility index (Phi) is 4.31. The van der Waals surface area contributed by atoms with Crippen LogP contribution in [-0.2, 0) is 11.0 Å². The lowest BCUT2D eigenvalue weighted by molar-refractivity contribution is -0.304. The highest BCUT2D eigenvalue weighted by Crippen LogP contribution is 2.34. The minimum atomic E-state index is -4.57. The third-order valence-corrected chi connectivity index (χ3v) is 3.50. The van der Waals surface area contributed by atoms with Crippen molar-refractivity contribution in [1.29, 1.82) is 0 Å². The Hall–Kier alpha value is -3.09. The molecule has 25 heavy (non-hydrogen) atoms. The fraction of sp³-hybridized carbons (Fsp3) is 0.111. The number of aliphatic carboxylic acids is 1. The minimum Gasteiger partial charge on any atom is -0.550 e. The molecule has 0 atom stereocenters. The highest BCUT2D eigenvalue weighted by atomic mass is 19.4. The van der Waals surface area contributed by atoms with Crippen molar-refractivity contribution in [2.75, 3.05) is 0 Å². The van der Waals surface area contributed by atoms with Gasteiger partial charge in [0.2, 0.25) is 5.89 Å². The molecule has 0 fully saturated rings. The summed E-state index contributed by atoms with van der Waals surface area (Å²) in [6.07, 6.45) is -4.08. The highest BCUT2D eigenvalue weighted by Gasteiger charge is 2.32. The number of hydrogen-bond acceptors (Lipinski definition) is 4. The first-order valence-corrected chi connectivity index (χ1v) is 7.27. The number of hydrogen-bond donors (Lipinski definition) is 0. The Morgan fingerprint density at radius 1 is 1.12 bits per heavy atom. The average Bonchev–Trinajstić information content (AvgIpc) is 2.97. The van der Waals surface area contributed by atoms with E-state index in [0.29, 0.717) is 11.1 Å². The van der Waals surface area contributed by atoms with Crippen LogP contribution in [0.25, 0.3) is 22.7 Å². The van der Waals surface area contributed by atoms with E-state index in [2.05, 4.69) is 4.98 Å². The number of benzene rings is 2. The minimum absolute atomic E-state index is 0.00657. The van der Waals surface area contributed by atoms with Crippen LogP contribution in [0.4, 0.5) is 13.2 Å². The van der Waals surface area contributed by atoms with Crippen molar-refractivity contribution >= 4 is 28.7 Å². The van der Waals surface area contributed by atoms with Gasteiger partial charge in [-0.1, -0.05) is 30.3 Å². The molecule has 1 aromatic heterocycles. The fourth-order valence-corrected chi connectivity index (χ4v) is 2.42. The van der Waals surface area contributed by atoms with Crippen LogP contribution >= 0.6 is 0 Å². The lowest BCUT2D eigenvalue weighted by Gasteiger charge is -2.11. The van der Waals surface area contributed by atoms with E-state index in [1.807, 2.05) is 0 Å². The summed E-state index contributed by atoms with van der Waals surface area (Å²) in [5.74, 6) is -1.50. The zero-order chi connectivity index (χ0) is 18.0. The Bertz CT molecular complexity index is 924. The number of carboxylic acids is 1. The fourth-order valence-electron chi connectivity index (χ4n) is 2.42. The van der Waals surface area contributed by atoms with Crippen LogP contribution in [0.2, 0.25) is 0 Å². The number of carbonyl (C=O) groups is 1. The van der Waals surface area contributed by atoms with E-state index in [4.69, 9.17) is 4.42 Å². The summed E-state index contributed by atoms with van der Waals surface area (Å²) in [7, 11) is 0. The van der Waals surface area contributed by atoms with E-state index in [1.165, 1.54) is 18.2 Å². The first kappa shape index (κ1) is 16.8. The Morgan fingerprint density at radius 3 is 2.48 bits per heavy atom. The van der Waals surface area contributed by atoms with E-state index >= 15 is 0 Å². The molecule has 3 aromatic rings. The van der Waals surface area contributed by atoms with Crippen LogP contribution in [0.1, 0.15) is 23.4 Å². The predicted octanol–water partition coefficient (Wildman–Crippen LogP) is 3.53. The van der Waals surface area contributed by atoms with Gasteiger partial charge >= 0.3 is 6.18 Å². The summed E-state index contributed by atoms with van der Waals surface area (Å²) in [5, 5.41) is 11.0. The van der Waals surface area contributed by atoms with Crippen molar-refractivity contribution in [3.8, 4) is 0 Å². The second kappa shape index (κ2) is 6.43. The summed E-state index contributed by atoms with van der Waals surface area (Å²) in [4.78, 5) is 15.2. The number of aromatic nitrogens is 1. The third kappa shape index (κ3) is 3.71. The molecule has 0 spiro atoms. The molecule has 4 nitrogen and oxygen atoms in total. The van der Waals surface area contributed by atoms with Crippen molar-refractivity contribution in [3.63, 3.8) is 0 Å². The molecular formula is C18H11F3NO3-. The number of fused-ring (bicyclic) bond motifs is 1. The average molecular weight is 346 g/mol. The number of para-hydroxylation sites is 2. The Balaban J connectivity index is 2.13. The van der Waals surface area contributed by atoms with Crippen molar-refractivity contribution in [3.05, 3.63) is 65.5 Å². The van der Waals surface area contributed by atoms with Gasteiger partial charge in [-0.15, -0.1) is 0 Å². The SMILES string of the molecule is O=C([O-])C/C(=C\c1ccccc1C(F)(F)F)c1nc2ccccc2o1. The maximum atomic E-state index is 13.1. The highest BCUT2D eigenvalue weighted by molar-refractivity contribution is 5.90. The predicted molar refractivity (Wildman–Crippen MR) is 82.9 cm³/mol. The zero-order valence-corrected chi connectivity index (χ0v) is 12.7. The van der Waals surface area contributed by atoms with Gasteiger partial charge in [-0.2, -0.15) is 13.2 Å². The van der Waals surface area contributed by atoms with Gasteiger partial charge in [0.15, 0.2) is 5.58 Å². The molecule has 2 aromatic carbocycles. The van der Waals surface area contributed by atoms with E-state index < -0.39 is 24.1 Å². The number of alkyl halides is 3. The second-order valence-electron chi connectivity index (χ2n) is 5.29. The number of carbonyl (C=O) groups excluding carboxylic acids is 1. The van der Waals surface area contributed by atoms with Crippen LogP contribution in [0.3, 0.4) is 0 Å². The second-order valence-corrected chi connectivity index (χ2v) is 5.29. The summed E-state index contributed by atoms with van der Waals surface area (Å²) < 4.78 is 44.9. The number of nitrogens with zero attached hydrogens (tertiary/aromatic N) is 1. The molecule has 1 heterocycles. The topological polar surface area (TPSA) is 66.2 Å². The molecule has 0 aliphatic carbocycles. The van der Waals surface area contributed by atoms with Gasteiger partial charge in [0.1, 0.15) is 5.52 Å². The van der Waals surface area contributed by atoms with Crippen LogP contribution in [0.5, 0.6) is 0 Å². The lowest BCUT2D eigenvalue weighted by Crippen LogP contribution is -2.22. The molecule has 0 aliphatic rings. The van der Waals surface area contributed by atoms with Gasteiger partial charge < -0.3 is 14.3 Å². The summed E-state index contributed by atoms with van der Waals surface area (Å²) >= 11 is 0. The van der Waals surface area contributed by atoms with E-state index in [-0.39, 0.29) is 17.0 Å². The van der Waals surface area contributed by atoms with Crippen molar-refractivity contribution in [1.82, 2.24) is 4.98 Å². The molecule has 128 valence electrons. The number of halogens is 3. The Morgan fingerprint density at radius 2 is 1.80 bits per heavy atom. The molecule has 0 radical (unpaired) electrons. The molecule has 0 saturated carbocycles. The molecule has 0 amide bonds. The number of carboxylic acid groups (broad SMARTS) is 1. The van der Waals surface area contributed by atoms with Crippen LogP contribution in [-0.4, -0.2) is 11.0 Å². The molecule has 0 bridgehead atoms. The van der Waals surface area contributed by atoms with Crippen LogP contribution < -0.4 is 5.11 Å². The standard InChI is InChI=1S/C18H12F3NO3/c19-18(20,21)13-6-2-1-5-11(13)9-12(10-16(23)24)17-22-14-7-3-4-8-15(14)25-17/h1-9H,10H2,(H,23,24)/p-1/b12-9+. The summed E-state index contributed by atoms with van der Waals surface area (Å²) in [6, 6.07) is 11.6. The molecule has 0 aliphatic heterocycles. The summed E-state index contributed by atoms with van der Waals surface area (Å²) in [5.41, 5.74) is -0.167. The van der Waals surface area contributed by atoms with Crippen LogP contribution in [0.15, 0.2) is 52.9 Å². The molecule has 7 heteroatoms. The van der Waals surface area contributed by atoms with Gasteiger partial charge in [0.05, 0.1) is 5.56 Å². The van der Waals surface area contributed by atoms with Crippen molar-refractivity contribution in [2.45, 2.75) is 12.6 Å². The zero-order valence-electron chi connectivity index (χ0n) is 12.7. The first-order valence-electron chi connectivity index (χ1n) is 7.27. The van der Waals surface area contributed by atoms with Gasteiger partial charge in [0.25, 0.3) is 0 Å². The van der Waals surface area contributed by atoms with Gasteiger partial charge in [0, 0.05) is 18.0 Å². The van der Waals surface area contributed by atoms with E-state index in [1.54, 1.807) is 24.3 Å². The molecule has 3 rings (SSSR count). The smallest absolute Gasteiger partial charge is 0.416 e. The molecule has 0 unspecified atom stereocenters. The van der Waals surface area contributed by atoms with E-state index in [0.717, 1.165) is 12.1 Å². The van der Waals surface area contributed by atoms with Gasteiger partial charge in [-0.25, -0.2) is 4.98 Å². The van der Waals surface area contributed by atoms with Crippen molar-refractivity contribution in [2.24, 2.45) is 0 Å². The van der Waals surface area contributed by atoms with Crippen LogP contribution in [0, 0.1) is 0 Å². The molecule has 0 saturated heterocycles. The van der Waals surface area contributed by atoms with E-state index in [9.17, 15) is 23.1 Å². The number of rotatable bonds is 4. The largest absolute Gasteiger partial charge is 0.550 e.